The number of carbonyl (C=O) groups is 3. The van der Waals surface area contributed by atoms with Gasteiger partial charge in [-0.25, -0.2) is 4.79 Å². The summed E-state index contributed by atoms with van der Waals surface area (Å²) >= 11 is 0. The van der Waals surface area contributed by atoms with E-state index in [9.17, 15) is 14.4 Å². The van der Waals surface area contributed by atoms with Crippen LogP contribution in [-0.4, -0.2) is 47.0 Å². The van der Waals surface area contributed by atoms with Crippen molar-refractivity contribution >= 4 is 17.9 Å². The summed E-state index contributed by atoms with van der Waals surface area (Å²) in [5.41, 5.74) is 0.0715. The molecule has 7 nitrogen and oxygen atoms in total. The fraction of sp³-hybridized carbons (Fsp3) is 0.690. The molecule has 3 amide bonds. The molecule has 0 saturated carbocycles. The van der Waals surface area contributed by atoms with Crippen molar-refractivity contribution < 1.29 is 19.1 Å². The van der Waals surface area contributed by atoms with Crippen LogP contribution in [0.15, 0.2) is 30.3 Å². The molecular formula is C29H49N3O4. The van der Waals surface area contributed by atoms with Crippen LogP contribution in [0.25, 0.3) is 0 Å². The molecule has 3 atom stereocenters. The number of carbonyl (C=O) groups excluding carboxylic acids is 3. The minimum Gasteiger partial charge on any atom is -0.444 e. The number of amides is 3. The van der Waals surface area contributed by atoms with Crippen molar-refractivity contribution in [1.82, 2.24) is 15.5 Å². The number of rotatable bonds is 14. The zero-order valence-electron chi connectivity index (χ0n) is 23.7. The molecule has 7 heteroatoms. The number of alkyl carbamates (subject to hydrolysis) is 1. The molecule has 0 heterocycles. The average molecular weight is 504 g/mol. The molecule has 0 fully saturated rings. The summed E-state index contributed by atoms with van der Waals surface area (Å²) in [7, 11) is 0. The molecule has 1 aromatic carbocycles. The van der Waals surface area contributed by atoms with Gasteiger partial charge in [-0.2, -0.15) is 0 Å². The summed E-state index contributed by atoms with van der Waals surface area (Å²) in [5, 5.41) is 5.91. The van der Waals surface area contributed by atoms with Crippen LogP contribution in [0.3, 0.4) is 0 Å². The predicted molar refractivity (Wildman–Crippen MR) is 146 cm³/mol. The molecule has 0 bridgehead atoms. The van der Waals surface area contributed by atoms with Crippen LogP contribution in [0.4, 0.5) is 4.79 Å². The van der Waals surface area contributed by atoms with E-state index in [-0.39, 0.29) is 23.8 Å². The van der Waals surface area contributed by atoms with Crippen molar-refractivity contribution in [3.05, 3.63) is 35.9 Å². The second-order valence-corrected chi connectivity index (χ2v) is 11.1. The zero-order chi connectivity index (χ0) is 27.3. The quantitative estimate of drug-likeness (QED) is 0.305. The van der Waals surface area contributed by atoms with Gasteiger partial charge in [0.15, 0.2) is 0 Å². The molecule has 204 valence electrons. The standard InChI is InChI=1S/C29H49N3O4/c1-9-11-15-19-32(27(34)24(20-21(3)4)31-28(35)36-29(6,7)8)25(23-17-13-12-14-18-23)26(33)30-22(5)16-10-2/h12-14,17-18,21-22,24-25H,9-11,15-16,19-20H2,1-8H3,(H,30,33)(H,31,35). The van der Waals surface area contributed by atoms with E-state index in [1.165, 1.54) is 0 Å². The van der Waals surface area contributed by atoms with Crippen LogP contribution in [0.2, 0.25) is 0 Å². The first-order valence-electron chi connectivity index (χ1n) is 13.5. The third-order valence-corrected chi connectivity index (χ3v) is 5.77. The lowest BCUT2D eigenvalue weighted by Crippen LogP contribution is -2.54. The van der Waals surface area contributed by atoms with Gasteiger partial charge < -0.3 is 20.3 Å². The lowest BCUT2D eigenvalue weighted by molar-refractivity contribution is -0.143. The lowest BCUT2D eigenvalue weighted by Gasteiger charge is -2.35. The van der Waals surface area contributed by atoms with Crippen molar-refractivity contribution in [3.63, 3.8) is 0 Å². The molecule has 0 aliphatic rings. The third-order valence-electron chi connectivity index (χ3n) is 5.77. The molecule has 2 N–H and O–H groups in total. The van der Waals surface area contributed by atoms with Crippen molar-refractivity contribution in [1.29, 1.82) is 0 Å². The van der Waals surface area contributed by atoms with Crippen molar-refractivity contribution in [2.75, 3.05) is 6.54 Å². The van der Waals surface area contributed by atoms with Crippen molar-refractivity contribution in [3.8, 4) is 0 Å². The Labute approximate surface area is 218 Å². The lowest BCUT2D eigenvalue weighted by atomic mass is 9.98. The highest BCUT2D eigenvalue weighted by atomic mass is 16.6. The monoisotopic (exact) mass is 503 g/mol. The maximum Gasteiger partial charge on any atom is 0.408 e. The maximum atomic E-state index is 14.1. The molecule has 0 aliphatic carbocycles. The first kappa shape index (κ1) is 31.5. The molecule has 0 aliphatic heterocycles. The topological polar surface area (TPSA) is 87.7 Å². The Morgan fingerprint density at radius 2 is 1.58 bits per heavy atom. The first-order valence-corrected chi connectivity index (χ1v) is 13.5. The van der Waals surface area contributed by atoms with Gasteiger partial charge in [0.2, 0.25) is 11.8 Å². The zero-order valence-corrected chi connectivity index (χ0v) is 23.7. The Kier molecular flexibility index (Phi) is 13.6. The highest BCUT2D eigenvalue weighted by Gasteiger charge is 2.36. The van der Waals surface area contributed by atoms with Gasteiger partial charge in [0.25, 0.3) is 0 Å². The minimum absolute atomic E-state index is 0.00680. The van der Waals surface area contributed by atoms with Gasteiger partial charge in [-0.15, -0.1) is 0 Å². The first-order chi connectivity index (χ1) is 16.9. The van der Waals surface area contributed by atoms with Crippen molar-refractivity contribution in [2.45, 2.75) is 118 Å². The number of unbranched alkanes of at least 4 members (excludes halogenated alkanes) is 2. The van der Waals surface area contributed by atoms with Crippen LogP contribution in [-0.2, 0) is 14.3 Å². The van der Waals surface area contributed by atoms with Crippen LogP contribution in [0.1, 0.15) is 106 Å². The highest BCUT2D eigenvalue weighted by molar-refractivity contribution is 5.92. The van der Waals surface area contributed by atoms with E-state index in [0.717, 1.165) is 37.7 Å². The number of hydrogen-bond acceptors (Lipinski definition) is 4. The van der Waals surface area contributed by atoms with E-state index in [0.29, 0.717) is 13.0 Å². The predicted octanol–water partition coefficient (Wildman–Crippen LogP) is 5.99. The Morgan fingerprint density at radius 3 is 2.11 bits per heavy atom. The van der Waals surface area contributed by atoms with Gasteiger partial charge >= 0.3 is 6.09 Å². The molecule has 0 aromatic heterocycles. The average Bonchev–Trinajstić information content (AvgIpc) is 2.76. The summed E-state index contributed by atoms with van der Waals surface area (Å²) in [5.74, 6) is -0.315. The minimum atomic E-state index is -0.798. The maximum absolute atomic E-state index is 14.1. The van der Waals surface area contributed by atoms with Crippen LogP contribution < -0.4 is 10.6 Å². The normalized spacial score (nSPS) is 14.0. The number of nitrogens with one attached hydrogen (secondary N) is 2. The molecule has 1 aromatic rings. The third kappa shape index (κ3) is 11.4. The smallest absolute Gasteiger partial charge is 0.408 e. The van der Waals surface area contributed by atoms with Gasteiger partial charge in [0, 0.05) is 12.6 Å². The van der Waals surface area contributed by atoms with Gasteiger partial charge in [-0.3, -0.25) is 9.59 Å². The Hall–Kier alpha value is -2.57. The van der Waals surface area contributed by atoms with Crippen LogP contribution in [0.5, 0.6) is 0 Å². The second kappa shape index (κ2) is 15.5. The highest BCUT2D eigenvalue weighted by Crippen LogP contribution is 2.25. The fourth-order valence-corrected chi connectivity index (χ4v) is 4.18. The van der Waals surface area contributed by atoms with E-state index in [4.69, 9.17) is 4.74 Å². The molecule has 3 unspecified atom stereocenters. The Bertz CT molecular complexity index is 804. The number of hydrogen-bond donors (Lipinski definition) is 2. The molecule has 0 saturated heterocycles. The molecule has 1 rings (SSSR count). The molecular weight excluding hydrogens is 454 g/mol. The van der Waals surface area contributed by atoms with E-state index in [2.05, 4.69) is 24.5 Å². The van der Waals surface area contributed by atoms with Gasteiger partial charge in [0.05, 0.1) is 0 Å². The van der Waals surface area contributed by atoms with Gasteiger partial charge in [-0.1, -0.05) is 77.3 Å². The summed E-state index contributed by atoms with van der Waals surface area (Å²) in [4.78, 5) is 42.0. The van der Waals surface area contributed by atoms with Crippen LogP contribution >= 0.6 is 0 Å². The fourth-order valence-electron chi connectivity index (χ4n) is 4.18. The van der Waals surface area contributed by atoms with E-state index in [1.807, 2.05) is 51.1 Å². The Morgan fingerprint density at radius 1 is 0.944 bits per heavy atom. The summed E-state index contributed by atoms with van der Waals surface area (Å²) in [6.07, 6.45) is 4.31. The molecule has 0 spiro atoms. The molecule has 36 heavy (non-hydrogen) atoms. The Balaban J connectivity index is 3.41. The van der Waals surface area contributed by atoms with E-state index >= 15 is 0 Å². The molecule has 0 radical (unpaired) electrons. The van der Waals surface area contributed by atoms with E-state index in [1.54, 1.807) is 25.7 Å². The summed E-state index contributed by atoms with van der Waals surface area (Å²) in [6.45, 7) is 16.0. The number of ether oxygens (including phenoxy) is 1. The van der Waals surface area contributed by atoms with E-state index < -0.39 is 23.8 Å². The number of nitrogens with zero attached hydrogens (tertiary/aromatic N) is 1. The summed E-state index contributed by atoms with van der Waals surface area (Å²) < 4.78 is 5.45. The second-order valence-electron chi connectivity index (χ2n) is 11.1. The number of benzene rings is 1. The van der Waals surface area contributed by atoms with Crippen molar-refractivity contribution in [2.24, 2.45) is 5.92 Å². The SMILES string of the molecule is CCCCCN(C(=O)C(CC(C)C)NC(=O)OC(C)(C)C)C(C(=O)NC(C)CCC)c1ccccc1. The summed E-state index contributed by atoms with van der Waals surface area (Å²) in [6, 6.07) is 7.83. The van der Waals surface area contributed by atoms with Crippen LogP contribution in [0, 0.1) is 5.92 Å². The van der Waals surface area contributed by atoms with Gasteiger partial charge in [-0.05, 0) is 58.4 Å². The largest absolute Gasteiger partial charge is 0.444 e. The van der Waals surface area contributed by atoms with Gasteiger partial charge in [0.1, 0.15) is 17.7 Å².